The maximum Gasteiger partial charge on any atom is 0.274 e. The summed E-state index contributed by atoms with van der Waals surface area (Å²) in [6.45, 7) is -0.0235. The molecule has 1 atom stereocenters. The Balaban J connectivity index is 1.60. The van der Waals surface area contributed by atoms with Gasteiger partial charge < -0.3 is 15.8 Å². The molecular formula is C18H17FN4O2S. The van der Waals surface area contributed by atoms with Crippen LogP contribution in [0, 0.1) is 0 Å². The Kier molecular flexibility index (Phi) is 4.28. The number of hydrogen-bond donors (Lipinski definition) is 2. The number of anilines is 1. The number of nitrogens with two attached hydrogens (primary N) is 1. The smallest absolute Gasteiger partial charge is 0.274 e. The molecule has 0 bridgehead atoms. The van der Waals surface area contributed by atoms with Gasteiger partial charge in [-0.2, -0.15) is 0 Å². The highest BCUT2D eigenvalue weighted by molar-refractivity contribution is 8.14. The van der Waals surface area contributed by atoms with Crippen molar-refractivity contribution in [2.75, 3.05) is 17.7 Å². The van der Waals surface area contributed by atoms with Gasteiger partial charge in [-0.25, -0.2) is 4.39 Å². The third kappa shape index (κ3) is 3.01. The molecule has 1 aromatic carbocycles. The first-order valence-corrected chi connectivity index (χ1v) is 9.16. The van der Waals surface area contributed by atoms with Crippen LogP contribution in [0.4, 0.5) is 10.1 Å². The van der Waals surface area contributed by atoms with Crippen LogP contribution < -0.4 is 15.8 Å². The van der Waals surface area contributed by atoms with E-state index in [0.29, 0.717) is 23.0 Å². The summed E-state index contributed by atoms with van der Waals surface area (Å²) in [7, 11) is 0. The zero-order chi connectivity index (χ0) is 18.1. The van der Waals surface area contributed by atoms with Gasteiger partial charge in [0.25, 0.3) is 5.91 Å². The number of carbonyl (C=O) groups excluding carboxylic acids is 1. The number of rotatable bonds is 3. The Morgan fingerprint density at radius 1 is 1.38 bits per heavy atom. The number of aliphatic imine (C=N–C) groups is 1. The standard InChI is InChI=1S/C18H17FN4O2S/c19-8-11-1-3-14(21-9-11)16(24)22-12-2-4-15-13(7-12)18(5-6-25-15)10-26-17(20)23-18/h1-4,7,9H,5-6,8,10H2,(H2,20,23)(H,22,24)/t18-/m1/s1. The van der Waals surface area contributed by atoms with E-state index < -0.39 is 12.2 Å². The molecule has 2 aliphatic rings. The molecule has 3 heterocycles. The number of fused-ring (bicyclic) bond motifs is 2. The predicted molar refractivity (Wildman–Crippen MR) is 99.3 cm³/mol. The van der Waals surface area contributed by atoms with Crippen molar-refractivity contribution in [3.8, 4) is 5.75 Å². The monoisotopic (exact) mass is 372 g/mol. The lowest BCUT2D eigenvalue weighted by molar-refractivity contribution is 0.102. The number of ether oxygens (including phenoxy) is 1. The first kappa shape index (κ1) is 16.8. The minimum Gasteiger partial charge on any atom is -0.493 e. The molecule has 4 rings (SSSR count). The molecule has 0 aliphatic carbocycles. The summed E-state index contributed by atoms with van der Waals surface area (Å²) in [6, 6.07) is 8.54. The van der Waals surface area contributed by atoms with Crippen molar-refractivity contribution >= 4 is 28.5 Å². The molecule has 26 heavy (non-hydrogen) atoms. The molecule has 1 spiro atoms. The van der Waals surface area contributed by atoms with E-state index in [-0.39, 0.29) is 11.6 Å². The average molecular weight is 372 g/mol. The normalized spacial score (nSPS) is 21.0. The molecule has 2 aromatic rings. The van der Waals surface area contributed by atoms with Crippen molar-refractivity contribution < 1.29 is 13.9 Å². The van der Waals surface area contributed by atoms with Gasteiger partial charge in [-0.15, -0.1) is 0 Å². The van der Waals surface area contributed by atoms with Crippen LogP contribution in [-0.2, 0) is 12.2 Å². The number of hydrogen-bond acceptors (Lipinski definition) is 6. The van der Waals surface area contributed by atoms with Crippen LogP contribution in [0.2, 0.25) is 0 Å². The molecule has 2 aliphatic heterocycles. The fourth-order valence-electron chi connectivity index (χ4n) is 3.13. The summed E-state index contributed by atoms with van der Waals surface area (Å²) in [6.07, 6.45) is 2.11. The second-order valence-corrected chi connectivity index (χ2v) is 7.21. The molecule has 0 fully saturated rings. The predicted octanol–water partition coefficient (Wildman–Crippen LogP) is 2.84. The van der Waals surface area contributed by atoms with Crippen molar-refractivity contribution in [2.45, 2.75) is 18.6 Å². The van der Waals surface area contributed by atoms with Crippen molar-refractivity contribution in [1.82, 2.24) is 4.98 Å². The van der Waals surface area contributed by atoms with E-state index in [1.54, 1.807) is 12.1 Å². The van der Waals surface area contributed by atoms with E-state index in [1.807, 2.05) is 12.1 Å². The molecule has 134 valence electrons. The lowest BCUT2D eigenvalue weighted by Crippen LogP contribution is -2.32. The van der Waals surface area contributed by atoms with E-state index >= 15 is 0 Å². The molecule has 1 amide bonds. The van der Waals surface area contributed by atoms with Gasteiger partial charge in [0.2, 0.25) is 0 Å². The number of amides is 1. The van der Waals surface area contributed by atoms with Crippen LogP contribution in [0.5, 0.6) is 5.75 Å². The number of amidine groups is 1. The van der Waals surface area contributed by atoms with Gasteiger partial charge in [0.05, 0.1) is 6.61 Å². The molecular weight excluding hydrogens is 355 g/mol. The highest BCUT2D eigenvalue weighted by Crippen LogP contribution is 2.46. The van der Waals surface area contributed by atoms with Gasteiger partial charge in [0.15, 0.2) is 5.17 Å². The molecule has 8 heteroatoms. The van der Waals surface area contributed by atoms with E-state index in [0.717, 1.165) is 23.5 Å². The number of thioether (sulfide) groups is 1. The maximum absolute atomic E-state index is 12.6. The fraction of sp³-hybridized carbons (Fsp3) is 0.278. The number of benzene rings is 1. The number of halogens is 1. The second-order valence-electron chi connectivity index (χ2n) is 6.22. The largest absolute Gasteiger partial charge is 0.493 e. The summed E-state index contributed by atoms with van der Waals surface area (Å²) in [5.74, 6) is 1.17. The Bertz CT molecular complexity index is 887. The number of nitrogens with one attached hydrogen (secondary N) is 1. The first-order valence-electron chi connectivity index (χ1n) is 8.17. The second kappa shape index (κ2) is 6.60. The summed E-state index contributed by atoms with van der Waals surface area (Å²) in [5, 5.41) is 3.40. The molecule has 0 saturated heterocycles. The zero-order valence-electron chi connectivity index (χ0n) is 13.9. The van der Waals surface area contributed by atoms with Crippen LogP contribution in [0.1, 0.15) is 28.0 Å². The topological polar surface area (TPSA) is 89.6 Å². The third-order valence-electron chi connectivity index (χ3n) is 4.51. The average Bonchev–Trinajstić information content (AvgIpc) is 3.04. The van der Waals surface area contributed by atoms with Crippen molar-refractivity contribution in [3.05, 3.63) is 53.3 Å². The van der Waals surface area contributed by atoms with Gasteiger partial charge in [-0.3, -0.25) is 14.8 Å². The Hall–Kier alpha value is -2.61. The van der Waals surface area contributed by atoms with Crippen LogP contribution >= 0.6 is 11.8 Å². The van der Waals surface area contributed by atoms with E-state index in [4.69, 9.17) is 10.5 Å². The minimum atomic E-state index is -0.608. The highest BCUT2D eigenvalue weighted by Gasteiger charge is 2.41. The lowest BCUT2D eigenvalue weighted by Gasteiger charge is -2.32. The van der Waals surface area contributed by atoms with Crippen LogP contribution in [0.15, 0.2) is 41.5 Å². The van der Waals surface area contributed by atoms with E-state index in [2.05, 4.69) is 15.3 Å². The molecule has 3 N–H and O–H groups in total. The molecule has 0 radical (unpaired) electrons. The van der Waals surface area contributed by atoms with E-state index in [9.17, 15) is 9.18 Å². The minimum absolute atomic E-state index is 0.226. The highest BCUT2D eigenvalue weighted by atomic mass is 32.2. The maximum atomic E-state index is 12.6. The SMILES string of the molecule is NC1=N[C@]2(CCOc3ccc(NC(=O)c4ccc(CF)cn4)cc32)CS1. The summed E-state index contributed by atoms with van der Waals surface area (Å²) < 4.78 is 18.3. The van der Waals surface area contributed by atoms with Gasteiger partial charge in [0, 0.05) is 35.2 Å². The Morgan fingerprint density at radius 2 is 2.27 bits per heavy atom. The molecule has 0 unspecified atom stereocenters. The van der Waals surface area contributed by atoms with Gasteiger partial charge >= 0.3 is 0 Å². The summed E-state index contributed by atoms with van der Waals surface area (Å²) >= 11 is 1.53. The van der Waals surface area contributed by atoms with Crippen LogP contribution in [0.3, 0.4) is 0 Å². The first-order chi connectivity index (χ1) is 12.6. The van der Waals surface area contributed by atoms with Crippen molar-refractivity contribution in [3.63, 3.8) is 0 Å². The van der Waals surface area contributed by atoms with Crippen molar-refractivity contribution in [1.29, 1.82) is 0 Å². The zero-order valence-corrected chi connectivity index (χ0v) is 14.7. The third-order valence-corrected chi connectivity index (χ3v) is 5.52. The number of alkyl halides is 1. The fourth-order valence-corrected chi connectivity index (χ4v) is 4.12. The van der Waals surface area contributed by atoms with E-state index in [1.165, 1.54) is 24.0 Å². The molecule has 0 saturated carbocycles. The number of carbonyl (C=O) groups is 1. The lowest BCUT2D eigenvalue weighted by atomic mass is 9.86. The summed E-state index contributed by atoms with van der Waals surface area (Å²) in [4.78, 5) is 21.0. The molecule has 6 nitrogen and oxygen atoms in total. The van der Waals surface area contributed by atoms with Gasteiger partial charge in [-0.1, -0.05) is 17.8 Å². The van der Waals surface area contributed by atoms with Crippen LogP contribution in [0.25, 0.3) is 0 Å². The number of aromatic nitrogens is 1. The van der Waals surface area contributed by atoms with Gasteiger partial charge in [0.1, 0.15) is 23.7 Å². The molecule has 1 aromatic heterocycles. The van der Waals surface area contributed by atoms with Crippen molar-refractivity contribution in [2.24, 2.45) is 10.7 Å². The number of pyridine rings is 1. The Labute approximate surface area is 154 Å². The summed E-state index contributed by atoms with van der Waals surface area (Å²) in [5.41, 5.74) is 7.70. The Morgan fingerprint density at radius 3 is 2.96 bits per heavy atom. The van der Waals surface area contributed by atoms with Crippen LogP contribution in [-0.4, -0.2) is 28.4 Å². The van der Waals surface area contributed by atoms with Gasteiger partial charge in [-0.05, 0) is 24.3 Å². The quantitative estimate of drug-likeness (QED) is 0.865. The number of nitrogens with zero attached hydrogens (tertiary/aromatic N) is 2.